The number of hydrogen-bond donors (Lipinski definition) is 1. The summed E-state index contributed by atoms with van der Waals surface area (Å²) in [5.41, 5.74) is 0.240. The minimum Gasteiger partial charge on any atom is -0.453 e. The van der Waals surface area contributed by atoms with Gasteiger partial charge in [-0.3, -0.25) is 4.79 Å². The molecule has 0 saturated carbocycles. The fourth-order valence-corrected chi connectivity index (χ4v) is 1.82. The average molecular weight is 212 g/mol. The molecule has 6 heteroatoms. The highest BCUT2D eigenvalue weighted by Crippen LogP contribution is 2.25. The Bertz CT molecular complexity index is 434. The van der Waals surface area contributed by atoms with Gasteiger partial charge in [0.15, 0.2) is 0 Å². The molecular weight excluding hydrogens is 200 g/mol. The summed E-state index contributed by atoms with van der Waals surface area (Å²) in [6, 6.07) is 0. The van der Waals surface area contributed by atoms with Gasteiger partial charge in [-0.25, -0.2) is 4.79 Å². The van der Waals surface area contributed by atoms with Gasteiger partial charge in [0.05, 0.1) is 19.2 Å². The first kappa shape index (κ1) is 9.82. The number of aromatic amines is 1. The molecule has 1 atom stereocenters. The molecule has 82 valence electrons. The van der Waals surface area contributed by atoms with Gasteiger partial charge in [0, 0.05) is 12.5 Å². The minimum atomic E-state index is -0.423. The van der Waals surface area contributed by atoms with E-state index in [2.05, 4.69) is 9.89 Å². The lowest BCUT2D eigenvalue weighted by molar-refractivity contribution is 0.112. The molecule has 1 aliphatic heterocycles. The highest BCUT2D eigenvalue weighted by Gasteiger charge is 2.31. The number of aromatic nitrogens is 1. The zero-order chi connectivity index (χ0) is 11.0. The number of carbonyl (C=O) groups is 1. The van der Waals surface area contributed by atoms with Crippen LogP contribution in [0.15, 0.2) is 9.32 Å². The maximum absolute atomic E-state index is 11.3. The molecule has 0 spiro atoms. The third-order valence-corrected chi connectivity index (χ3v) is 2.55. The van der Waals surface area contributed by atoms with Crippen molar-refractivity contribution >= 4 is 6.09 Å². The molecule has 1 aromatic heterocycles. The molecule has 2 heterocycles. The molecule has 0 aromatic carbocycles. The van der Waals surface area contributed by atoms with E-state index < -0.39 is 6.09 Å². The van der Waals surface area contributed by atoms with E-state index in [1.165, 1.54) is 12.0 Å². The van der Waals surface area contributed by atoms with Crippen molar-refractivity contribution in [3.63, 3.8) is 0 Å². The number of nitrogens with one attached hydrogen (secondary N) is 1. The van der Waals surface area contributed by atoms with Crippen LogP contribution in [0.4, 0.5) is 4.79 Å². The predicted octanol–water partition coefficient (Wildman–Crippen LogP) is 0.653. The highest BCUT2D eigenvalue weighted by molar-refractivity contribution is 5.68. The molecule has 1 aliphatic rings. The monoisotopic (exact) mass is 212 g/mol. The lowest BCUT2D eigenvalue weighted by atomic mass is 10.00. The first-order chi connectivity index (χ1) is 7.13. The van der Waals surface area contributed by atoms with Crippen molar-refractivity contribution in [2.45, 2.75) is 19.4 Å². The number of carbonyl (C=O) groups excluding carboxylic acids is 1. The number of rotatable bonds is 0. The number of amides is 1. The number of methoxy groups -OCH3 is 1. The molecule has 0 radical (unpaired) electrons. The molecule has 0 bridgehead atoms. The van der Waals surface area contributed by atoms with Crippen molar-refractivity contribution in [2.24, 2.45) is 0 Å². The summed E-state index contributed by atoms with van der Waals surface area (Å²) in [5.74, 6) is 0.645. The lowest BCUT2D eigenvalue weighted by Gasteiger charge is -2.27. The summed E-state index contributed by atoms with van der Waals surface area (Å²) in [5, 5.41) is 2.28. The van der Waals surface area contributed by atoms with Crippen LogP contribution < -0.4 is 5.56 Å². The van der Waals surface area contributed by atoms with Crippen LogP contribution in [0.1, 0.15) is 24.2 Å². The number of ether oxygens (including phenoxy) is 1. The molecular formula is C9H12N2O4. The fourth-order valence-electron chi connectivity index (χ4n) is 1.82. The van der Waals surface area contributed by atoms with Gasteiger partial charge >= 0.3 is 6.09 Å². The van der Waals surface area contributed by atoms with Crippen LogP contribution in [-0.4, -0.2) is 29.8 Å². The summed E-state index contributed by atoms with van der Waals surface area (Å²) >= 11 is 0. The summed E-state index contributed by atoms with van der Waals surface area (Å²) in [6.07, 6.45) is -0.423. The molecule has 0 fully saturated rings. The Morgan fingerprint density at radius 3 is 3.07 bits per heavy atom. The Morgan fingerprint density at radius 2 is 2.40 bits per heavy atom. The van der Waals surface area contributed by atoms with Gasteiger partial charge in [0.2, 0.25) is 0 Å². The zero-order valence-corrected chi connectivity index (χ0v) is 8.57. The van der Waals surface area contributed by atoms with E-state index in [0.717, 1.165) is 0 Å². The maximum atomic E-state index is 11.3. The van der Waals surface area contributed by atoms with E-state index in [1.807, 2.05) is 6.92 Å². The highest BCUT2D eigenvalue weighted by atomic mass is 16.5. The Balaban J connectivity index is 2.32. The van der Waals surface area contributed by atoms with Crippen molar-refractivity contribution < 1.29 is 14.1 Å². The number of fused-ring (bicyclic) bond motifs is 1. The van der Waals surface area contributed by atoms with Crippen molar-refractivity contribution in [3.05, 3.63) is 21.7 Å². The van der Waals surface area contributed by atoms with Gasteiger partial charge in [-0.15, -0.1) is 0 Å². The smallest absolute Gasteiger partial charge is 0.409 e. The van der Waals surface area contributed by atoms with Gasteiger partial charge in [-0.1, -0.05) is 6.92 Å². The summed E-state index contributed by atoms with van der Waals surface area (Å²) in [4.78, 5) is 24.1. The number of nitrogens with zero attached hydrogens (tertiary/aromatic N) is 1. The van der Waals surface area contributed by atoms with E-state index in [9.17, 15) is 9.59 Å². The normalized spacial score (nSPS) is 19.9. The zero-order valence-electron chi connectivity index (χ0n) is 8.57. The molecule has 1 amide bonds. The molecule has 1 unspecified atom stereocenters. The van der Waals surface area contributed by atoms with Crippen LogP contribution in [0.3, 0.4) is 0 Å². The van der Waals surface area contributed by atoms with E-state index in [4.69, 9.17) is 4.52 Å². The van der Waals surface area contributed by atoms with Crippen molar-refractivity contribution in [1.82, 2.24) is 10.1 Å². The lowest BCUT2D eigenvalue weighted by Crippen LogP contribution is -2.38. The third kappa shape index (κ3) is 1.51. The molecule has 1 N–H and O–H groups in total. The Kier molecular flexibility index (Phi) is 2.26. The topological polar surface area (TPSA) is 75.5 Å². The first-order valence-electron chi connectivity index (χ1n) is 4.66. The minimum absolute atomic E-state index is 0.00630. The summed E-state index contributed by atoms with van der Waals surface area (Å²) < 4.78 is 9.66. The third-order valence-electron chi connectivity index (χ3n) is 2.55. The Morgan fingerprint density at radius 1 is 1.67 bits per heavy atom. The standard InChI is InChI=1S/C9H12N2O4/c1-5-3-11(9(13)14-2)4-6-7(5)15-10-8(6)12/h5H,3-4H2,1-2H3,(H,10,12). The molecule has 15 heavy (non-hydrogen) atoms. The molecule has 0 aliphatic carbocycles. The van der Waals surface area contributed by atoms with Crippen LogP contribution in [-0.2, 0) is 11.3 Å². The van der Waals surface area contributed by atoms with Crippen LogP contribution in [0.2, 0.25) is 0 Å². The Hall–Kier alpha value is -1.72. The van der Waals surface area contributed by atoms with E-state index in [0.29, 0.717) is 17.9 Å². The first-order valence-corrected chi connectivity index (χ1v) is 4.66. The van der Waals surface area contributed by atoms with Crippen molar-refractivity contribution in [1.29, 1.82) is 0 Å². The van der Waals surface area contributed by atoms with Gasteiger partial charge in [0.1, 0.15) is 5.76 Å². The van der Waals surface area contributed by atoms with E-state index in [-0.39, 0.29) is 18.0 Å². The van der Waals surface area contributed by atoms with Crippen LogP contribution in [0.25, 0.3) is 0 Å². The number of hydrogen-bond acceptors (Lipinski definition) is 4. The summed E-state index contributed by atoms with van der Waals surface area (Å²) in [7, 11) is 1.32. The largest absolute Gasteiger partial charge is 0.453 e. The second-order valence-corrected chi connectivity index (χ2v) is 3.63. The fraction of sp³-hybridized carbons (Fsp3) is 0.556. The van der Waals surface area contributed by atoms with Crippen LogP contribution in [0, 0.1) is 0 Å². The molecule has 1 aromatic rings. The van der Waals surface area contributed by atoms with Gasteiger partial charge < -0.3 is 14.2 Å². The van der Waals surface area contributed by atoms with Gasteiger partial charge in [-0.2, -0.15) is 5.16 Å². The molecule has 6 nitrogen and oxygen atoms in total. The van der Waals surface area contributed by atoms with Gasteiger partial charge in [-0.05, 0) is 0 Å². The second-order valence-electron chi connectivity index (χ2n) is 3.63. The SMILES string of the molecule is COC(=O)N1Cc2c(o[nH]c2=O)C(C)C1. The average Bonchev–Trinajstić information content (AvgIpc) is 2.60. The summed E-state index contributed by atoms with van der Waals surface area (Å²) in [6.45, 7) is 2.64. The second kappa shape index (κ2) is 3.45. The van der Waals surface area contributed by atoms with Crippen LogP contribution in [0.5, 0.6) is 0 Å². The molecule has 2 rings (SSSR count). The van der Waals surface area contributed by atoms with E-state index >= 15 is 0 Å². The molecule has 0 saturated heterocycles. The van der Waals surface area contributed by atoms with Gasteiger partial charge in [0.25, 0.3) is 5.56 Å². The van der Waals surface area contributed by atoms with Crippen molar-refractivity contribution in [3.8, 4) is 0 Å². The van der Waals surface area contributed by atoms with Crippen molar-refractivity contribution in [2.75, 3.05) is 13.7 Å². The quantitative estimate of drug-likeness (QED) is 0.685. The number of H-pyrrole nitrogens is 1. The van der Waals surface area contributed by atoms with Crippen LogP contribution >= 0.6 is 0 Å². The Labute approximate surface area is 85.8 Å². The van der Waals surface area contributed by atoms with E-state index in [1.54, 1.807) is 0 Å². The predicted molar refractivity (Wildman–Crippen MR) is 50.6 cm³/mol. The maximum Gasteiger partial charge on any atom is 0.409 e.